The van der Waals surface area contributed by atoms with E-state index < -0.39 is 5.97 Å². The summed E-state index contributed by atoms with van der Waals surface area (Å²) < 4.78 is 0. The van der Waals surface area contributed by atoms with Gasteiger partial charge in [0.1, 0.15) is 5.01 Å². The fourth-order valence-corrected chi connectivity index (χ4v) is 2.74. The van der Waals surface area contributed by atoms with Crippen LogP contribution < -0.4 is 5.32 Å². The van der Waals surface area contributed by atoms with Gasteiger partial charge >= 0.3 is 5.97 Å². The van der Waals surface area contributed by atoms with Crippen molar-refractivity contribution in [3.05, 3.63) is 5.01 Å². The molecule has 0 radical (unpaired) electrons. The van der Waals surface area contributed by atoms with Crippen molar-refractivity contribution >= 4 is 40.1 Å². The summed E-state index contributed by atoms with van der Waals surface area (Å²) in [5, 5.41) is 20.1. The lowest BCUT2D eigenvalue weighted by molar-refractivity contribution is -0.137. The van der Waals surface area contributed by atoms with E-state index in [0.717, 1.165) is 23.6 Å². The molecule has 0 fully saturated rings. The number of aryl methyl sites for hydroxylation is 1. The highest BCUT2D eigenvalue weighted by atomic mass is 32.2. The maximum absolute atomic E-state index is 11.5. The van der Waals surface area contributed by atoms with Crippen molar-refractivity contribution in [3.8, 4) is 0 Å². The Kier molecular flexibility index (Phi) is 7.42. The summed E-state index contributed by atoms with van der Waals surface area (Å²) in [6, 6.07) is 0. The molecule has 0 aliphatic heterocycles. The average molecular weight is 303 g/mol. The number of nitrogens with zero attached hydrogens (tertiary/aromatic N) is 2. The maximum atomic E-state index is 11.5. The molecule has 0 spiro atoms. The number of aromatic nitrogens is 2. The second-order valence-corrected chi connectivity index (χ2v) is 6.22. The number of carbonyl (C=O) groups is 2. The minimum absolute atomic E-state index is 0.0771. The van der Waals surface area contributed by atoms with Crippen LogP contribution in [0.15, 0.2) is 0 Å². The summed E-state index contributed by atoms with van der Waals surface area (Å²) in [4.78, 5) is 21.8. The van der Waals surface area contributed by atoms with Crippen LogP contribution in [0.25, 0.3) is 0 Å². The zero-order valence-electron chi connectivity index (χ0n) is 10.7. The molecule has 2 N–H and O–H groups in total. The van der Waals surface area contributed by atoms with Crippen molar-refractivity contribution in [1.29, 1.82) is 0 Å². The van der Waals surface area contributed by atoms with E-state index in [1.54, 1.807) is 11.8 Å². The Balaban J connectivity index is 2.00. The van der Waals surface area contributed by atoms with Gasteiger partial charge in [0.25, 0.3) is 0 Å². The predicted molar refractivity (Wildman–Crippen MR) is 76.7 cm³/mol. The summed E-state index contributed by atoms with van der Waals surface area (Å²) in [5.41, 5.74) is 0. The predicted octanol–water partition coefficient (Wildman–Crippen LogP) is 2.16. The van der Waals surface area contributed by atoms with Gasteiger partial charge in [-0.05, 0) is 25.5 Å². The number of nitrogens with one attached hydrogen (secondary N) is 1. The van der Waals surface area contributed by atoms with Crippen molar-refractivity contribution in [2.24, 2.45) is 0 Å². The molecule has 0 unspecified atom stereocenters. The molecule has 8 heteroatoms. The zero-order chi connectivity index (χ0) is 14.1. The Bertz CT molecular complexity index is 423. The molecule has 0 aliphatic carbocycles. The van der Waals surface area contributed by atoms with Crippen molar-refractivity contribution in [2.75, 3.05) is 16.8 Å². The number of carboxylic acids is 1. The molecule has 0 aliphatic rings. The van der Waals surface area contributed by atoms with Gasteiger partial charge in [-0.25, -0.2) is 0 Å². The molecule has 106 valence electrons. The third-order valence-electron chi connectivity index (χ3n) is 2.18. The molecule has 0 atom stereocenters. The molecule has 1 heterocycles. The average Bonchev–Trinajstić information content (AvgIpc) is 2.73. The van der Waals surface area contributed by atoms with Gasteiger partial charge in [-0.2, -0.15) is 11.8 Å². The van der Waals surface area contributed by atoms with Crippen LogP contribution in [0, 0.1) is 6.92 Å². The van der Waals surface area contributed by atoms with Crippen molar-refractivity contribution < 1.29 is 14.7 Å². The maximum Gasteiger partial charge on any atom is 0.303 e. The van der Waals surface area contributed by atoms with Crippen molar-refractivity contribution in [3.63, 3.8) is 0 Å². The molecule has 0 aromatic carbocycles. The summed E-state index contributed by atoms with van der Waals surface area (Å²) in [6.45, 7) is 1.83. The molecule has 19 heavy (non-hydrogen) atoms. The van der Waals surface area contributed by atoms with Crippen LogP contribution in [0.3, 0.4) is 0 Å². The first-order valence-corrected chi connectivity index (χ1v) is 7.94. The lowest BCUT2D eigenvalue weighted by Gasteiger charge is -2.01. The number of aliphatic carboxylic acids is 1. The first-order valence-electron chi connectivity index (χ1n) is 5.97. The molecule has 1 aromatic heterocycles. The Labute approximate surface area is 120 Å². The molecule has 1 aromatic rings. The second-order valence-electron chi connectivity index (χ2n) is 3.93. The molecular formula is C11H17N3O3S2. The van der Waals surface area contributed by atoms with E-state index in [2.05, 4.69) is 15.5 Å². The normalized spacial score (nSPS) is 10.4. The highest BCUT2D eigenvalue weighted by Gasteiger charge is 2.06. The number of unbranched alkanes of at least 4 members (excludes halogenated alkanes) is 2. The molecule has 1 amide bonds. The number of amides is 1. The molecule has 0 saturated heterocycles. The van der Waals surface area contributed by atoms with Crippen LogP contribution in [0.1, 0.15) is 30.7 Å². The lowest BCUT2D eigenvalue weighted by atomic mass is 10.2. The molecule has 6 nitrogen and oxygen atoms in total. The van der Waals surface area contributed by atoms with Crippen LogP contribution in [-0.4, -0.2) is 38.7 Å². The molecule has 0 bridgehead atoms. The van der Waals surface area contributed by atoms with E-state index in [4.69, 9.17) is 5.11 Å². The SMILES string of the molecule is Cc1nnc(NC(=O)CSCCCCCC(=O)O)s1. The molecular weight excluding hydrogens is 286 g/mol. The standard InChI is InChI=1S/C11H17N3O3S2/c1-8-13-14-11(19-8)12-9(15)7-18-6-4-2-3-5-10(16)17/h2-7H2,1H3,(H,16,17)(H,12,14,15). The zero-order valence-corrected chi connectivity index (χ0v) is 12.4. The lowest BCUT2D eigenvalue weighted by Crippen LogP contribution is -2.14. The minimum atomic E-state index is -0.751. The number of anilines is 1. The number of thioether (sulfide) groups is 1. The summed E-state index contributed by atoms with van der Waals surface area (Å²) >= 11 is 2.89. The van der Waals surface area contributed by atoms with E-state index in [0.29, 0.717) is 17.3 Å². The monoisotopic (exact) mass is 303 g/mol. The van der Waals surface area contributed by atoms with Crippen LogP contribution in [0.4, 0.5) is 5.13 Å². The fraction of sp³-hybridized carbons (Fsp3) is 0.636. The van der Waals surface area contributed by atoms with Crippen LogP contribution >= 0.6 is 23.1 Å². The highest BCUT2D eigenvalue weighted by Crippen LogP contribution is 2.14. The smallest absolute Gasteiger partial charge is 0.303 e. The fourth-order valence-electron chi connectivity index (χ4n) is 1.32. The van der Waals surface area contributed by atoms with E-state index in [-0.39, 0.29) is 12.3 Å². The third-order valence-corrected chi connectivity index (χ3v) is 3.98. The van der Waals surface area contributed by atoms with Crippen LogP contribution in [0.5, 0.6) is 0 Å². The van der Waals surface area contributed by atoms with Gasteiger partial charge < -0.3 is 5.11 Å². The van der Waals surface area contributed by atoms with Gasteiger partial charge in [0.15, 0.2) is 0 Å². The van der Waals surface area contributed by atoms with Gasteiger partial charge in [0, 0.05) is 6.42 Å². The topological polar surface area (TPSA) is 92.2 Å². The number of carboxylic acid groups (broad SMARTS) is 1. The first kappa shape index (κ1) is 15.9. The van der Waals surface area contributed by atoms with Crippen molar-refractivity contribution in [2.45, 2.75) is 32.6 Å². The first-order chi connectivity index (χ1) is 9.08. The Morgan fingerprint density at radius 3 is 2.74 bits per heavy atom. The summed E-state index contributed by atoms with van der Waals surface area (Å²) in [6.07, 6.45) is 2.74. The van der Waals surface area contributed by atoms with Gasteiger partial charge in [-0.3, -0.25) is 14.9 Å². The largest absolute Gasteiger partial charge is 0.481 e. The van der Waals surface area contributed by atoms with Gasteiger partial charge in [0.05, 0.1) is 5.75 Å². The summed E-state index contributed by atoms with van der Waals surface area (Å²) in [5.74, 6) is 0.422. The third kappa shape index (κ3) is 7.78. The van der Waals surface area contributed by atoms with Gasteiger partial charge in [-0.1, -0.05) is 17.8 Å². The number of carbonyl (C=O) groups excluding carboxylic acids is 1. The molecule has 0 saturated carbocycles. The van der Waals surface area contributed by atoms with E-state index in [9.17, 15) is 9.59 Å². The van der Waals surface area contributed by atoms with Crippen LogP contribution in [-0.2, 0) is 9.59 Å². The van der Waals surface area contributed by atoms with E-state index in [1.807, 2.05) is 6.92 Å². The number of hydrogen-bond donors (Lipinski definition) is 2. The number of hydrogen-bond acceptors (Lipinski definition) is 6. The Hall–Kier alpha value is -1.15. The Morgan fingerprint density at radius 2 is 2.11 bits per heavy atom. The summed E-state index contributed by atoms with van der Waals surface area (Å²) in [7, 11) is 0. The van der Waals surface area contributed by atoms with E-state index >= 15 is 0 Å². The minimum Gasteiger partial charge on any atom is -0.481 e. The van der Waals surface area contributed by atoms with Crippen molar-refractivity contribution in [1.82, 2.24) is 10.2 Å². The number of rotatable bonds is 9. The van der Waals surface area contributed by atoms with Gasteiger partial charge in [0.2, 0.25) is 11.0 Å². The molecule has 1 rings (SSSR count). The quantitative estimate of drug-likeness (QED) is 0.679. The van der Waals surface area contributed by atoms with Gasteiger partial charge in [-0.15, -0.1) is 10.2 Å². The highest BCUT2D eigenvalue weighted by molar-refractivity contribution is 7.99. The second kappa shape index (κ2) is 8.87. The van der Waals surface area contributed by atoms with E-state index in [1.165, 1.54) is 11.3 Å². The Morgan fingerprint density at radius 1 is 1.32 bits per heavy atom. The van der Waals surface area contributed by atoms with Crippen LogP contribution in [0.2, 0.25) is 0 Å².